The van der Waals surface area contributed by atoms with Gasteiger partial charge < -0.3 is 9.47 Å². The van der Waals surface area contributed by atoms with E-state index in [0.717, 1.165) is 57.7 Å². The van der Waals surface area contributed by atoms with Crippen molar-refractivity contribution in [1.82, 2.24) is 0 Å². The maximum absolute atomic E-state index is 13.3. The number of methoxy groups -OCH3 is 2. The van der Waals surface area contributed by atoms with Crippen LogP contribution in [-0.4, -0.2) is 20.0 Å². The molecule has 0 bridgehead atoms. The largest absolute Gasteiger partial charge is 0.496 e. The van der Waals surface area contributed by atoms with Crippen molar-refractivity contribution < 1.29 is 14.3 Å². The Kier molecular flexibility index (Phi) is 3.45. The van der Waals surface area contributed by atoms with Gasteiger partial charge in [0.1, 0.15) is 11.5 Å². The van der Waals surface area contributed by atoms with Crippen LogP contribution < -0.4 is 9.47 Å². The monoisotopic (exact) mass is 320 g/mol. The van der Waals surface area contributed by atoms with E-state index in [9.17, 15) is 4.79 Å². The van der Waals surface area contributed by atoms with Crippen molar-refractivity contribution in [2.75, 3.05) is 14.2 Å². The van der Waals surface area contributed by atoms with Gasteiger partial charge in [0, 0.05) is 28.7 Å². The second-order valence-corrected chi connectivity index (χ2v) is 6.48. The molecule has 3 nitrogen and oxygen atoms in total. The van der Waals surface area contributed by atoms with E-state index in [1.54, 1.807) is 14.2 Å². The number of fused-ring (bicyclic) bond motifs is 4. The lowest BCUT2D eigenvalue weighted by atomic mass is 9.77. The average molecular weight is 320 g/mol. The highest BCUT2D eigenvalue weighted by atomic mass is 16.5. The van der Waals surface area contributed by atoms with E-state index in [0.29, 0.717) is 6.42 Å². The molecule has 0 aliphatic heterocycles. The number of allylic oxidation sites excluding steroid dienone is 1. The number of carbonyl (C=O) groups excluding carboxylic acids is 1. The molecule has 0 fully saturated rings. The molecule has 2 aliphatic carbocycles. The first-order valence-electron chi connectivity index (χ1n) is 8.24. The zero-order valence-electron chi connectivity index (χ0n) is 14.2. The van der Waals surface area contributed by atoms with Gasteiger partial charge in [-0.15, -0.1) is 0 Å². The van der Waals surface area contributed by atoms with Crippen molar-refractivity contribution >= 4 is 11.9 Å². The molecule has 0 atom stereocenters. The summed E-state index contributed by atoms with van der Waals surface area (Å²) in [4.78, 5) is 13.3. The predicted octanol–water partition coefficient (Wildman–Crippen LogP) is 4.19. The smallest absolute Gasteiger partial charge is 0.194 e. The second-order valence-electron chi connectivity index (χ2n) is 6.48. The fourth-order valence-electron chi connectivity index (χ4n) is 3.92. The van der Waals surface area contributed by atoms with Crippen LogP contribution in [0.25, 0.3) is 6.08 Å². The van der Waals surface area contributed by atoms with Gasteiger partial charge >= 0.3 is 0 Å². The van der Waals surface area contributed by atoms with Crippen LogP contribution in [-0.2, 0) is 12.8 Å². The molecule has 0 saturated carbocycles. The zero-order chi connectivity index (χ0) is 16.8. The summed E-state index contributed by atoms with van der Waals surface area (Å²) >= 11 is 0. The van der Waals surface area contributed by atoms with Crippen molar-refractivity contribution in [2.45, 2.75) is 26.2 Å². The maximum atomic E-state index is 13.3. The molecule has 0 spiro atoms. The van der Waals surface area contributed by atoms with Crippen molar-refractivity contribution in [3.63, 3.8) is 0 Å². The van der Waals surface area contributed by atoms with Crippen LogP contribution in [0.2, 0.25) is 0 Å². The van der Waals surface area contributed by atoms with Crippen molar-refractivity contribution in [3.8, 4) is 11.5 Å². The summed E-state index contributed by atoms with van der Waals surface area (Å²) in [7, 11) is 3.32. The second kappa shape index (κ2) is 5.52. The van der Waals surface area contributed by atoms with Gasteiger partial charge in [-0.2, -0.15) is 0 Å². The summed E-state index contributed by atoms with van der Waals surface area (Å²) < 4.78 is 11.1. The fourth-order valence-corrected chi connectivity index (χ4v) is 3.92. The van der Waals surface area contributed by atoms with Gasteiger partial charge in [0.15, 0.2) is 5.78 Å². The van der Waals surface area contributed by atoms with Gasteiger partial charge in [0.2, 0.25) is 0 Å². The van der Waals surface area contributed by atoms with Crippen LogP contribution in [0, 0.1) is 0 Å². The molecular weight excluding hydrogens is 300 g/mol. The van der Waals surface area contributed by atoms with Crippen LogP contribution in [0.15, 0.2) is 29.8 Å². The summed E-state index contributed by atoms with van der Waals surface area (Å²) in [5.74, 6) is 1.65. The van der Waals surface area contributed by atoms with Crippen LogP contribution in [0.3, 0.4) is 0 Å². The minimum absolute atomic E-state index is 0.0910. The SMILES string of the molecule is COc1cccc2c1Cc1c(OC)cc3c(c1C2=O)CCC(C)=C3. The van der Waals surface area contributed by atoms with E-state index in [1.807, 2.05) is 18.2 Å². The Morgan fingerprint density at radius 1 is 0.958 bits per heavy atom. The molecule has 0 N–H and O–H groups in total. The number of ketones is 1. The van der Waals surface area contributed by atoms with E-state index in [-0.39, 0.29) is 5.78 Å². The Bertz CT molecular complexity index is 890. The quantitative estimate of drug-likeness (QED) is 0.710. The lowest BCUT2D eigenvalue weighted by Gasteiger charge is -2.27. The minimum atomic E-state index is 0.0910. The van der Waals surface area contributed by atoms with Gasteiger partial charge in [-0.3, -0.25) is 4.79 Å². The molecule has 4 rings (SSSR count). The Morgan fingerprint density at radius 3 is 2.50 bits per heavy atom. The highest BCUT2D eigenvalue weighted by Crippen LogP contribution is 2.42. The van der Waals surface area contributed by atoms with Crippen LogP contribution in [0.4, 0.5) is 0 Å². The topological polar surface area (TPSA) is 35.5 Å². The first-order valence-corrected chi connectivity index (χ1v) is 8.24. The molecule has 0 heterocycles. The zero-order valence-corrected chi connectivity index (χ0v) is 14.2. The standard InChI is InChI=1S/C21H20O3/c1-12-7-8-14-13(9-12)10-19(24-3)17-11-16-15(21(22)20(14)17)5-4-6-18(16)23-2/h4-6,9-10H,7-8,11H2,1-3H3. The highest BCUT2D eigenvalue weighted by molar-refractivity contribution is 6.14. The third-order valence-electron chi connectivity index (χ3n) is 5.11. The minimum Gasteiger partial charge on any atom is -0.496 e. The Labute approximate surface area is 141 Å². The normalized spacial score (nSPS) is 15.1. The van der Waals surface area contributed by atoms with Crippen LogP contribution in [0.1, 0.15) is 51.5 Å². The Hall–Kier alpha value is -2.55. The number of hydrogen-bond donors (Lipinski definition) is 0. The number of carbonyl (C=O) groups is 1. The van der Waals surface area contributed by atoms with Crippen molar-refractivity contribution in [3.05, 3.63) is 63.2 Å². The van der Waals surface area contributed by atoms with Gasteiger partial charge in [0.25, 0.3) is 0 Å². The Balaban J connectivity index is 1.99. The van der Waals surface area contributed by atoms with Crippen molar-refractivity contribution in [2.24, 2.45) is 0 Å². The lowest BCUT2D eigenvalue weighted by molar-refractivity contribution is 0.103. The highest BCUT2D eigenvalue weighted by Gasteiger charge is 2.32. The van der Waals surface area contributed by atoms with Crippen LogP contribution >= 0.6 is 0 Å². The Morgan fingerprint density at radius 2 is 1.75 bits per heavy atom. The lowest BCUT2D eigenvalue weighted by Crippen LogP contribution is -2.20. The summed E-state index contributed by atoms with van der Waals surface area (Å²) in [5.41, 5.74) is 7.17. The summed E-state index contributed by atoms with van der Waals surface area (Å²) in [6.45, 7) is 2.14. The third kappa shape index (κ3) is 2.08. The first-order chi connectivity index (χ1) is 11.6. The van der Waals surface area contributed by atoms with E-state index in [1.165, 1.54) is 5.57 Å². The molecule has 0 unspecified atom stereocenters. The summed E-state index contributed by atoms with van der Waals surface area (Å²) in [5, 5.41) is 0. The van der Waals surface area contributed by atoms with E-state index in [4.69, 9.17) is 9.47 Å². The van der Waals surface area contributed by atoms with Gasteiger partial charge in [-0.25, -0.2) is 0 Å². The van der Waals surface area contributed by atoms with Crippen molar-refractivity contribution in [1.29, 1.82) is 0 Å². The number of ether oxygens (including phenoxy) is 2. The maximum Gasteiger partial charge on any atom is 0.194 e. The first kappa shape index (κ1) is 15.0. The molecule has 0 saturated heterocycles. The summed E-state index contributed by atoms with van der Waals surface area (Å²) in [6, 6.07) is 7.77. The van der Waals surface area contributed by atoms with E-state index in [2.05, 4.69) is 19.1 Å². The molecule has 24 heavy (non-hydrogen) atoms. The molecule has 0 radical (unpaired) electrons. The summed E-state index contributed by atoms with van der Waals surface area (Å²) in [6.07, 6.45) is 4.76. The average Bonchev–Trinajstić information content (AvgIpc) is 2.60. The van der Waals surface area contributed by atoms with E-state index >= 15 is 0 Å². The number of benzene rings is 2. The van der Waals surface area contributed by atoms with Gasteiger partial charge in [-0.1, -0.05) is 23.8 Å². The fraction of sp³-hybridized carbons (Fsp3) is 0.286. The molecule has 0 aromatic heterocycles. The molecule has 3 heteroatoms. The molecule has 2 aromatic carbocycles. The number of rotatable bonds is 2. The number of hydrogen-bond acceptors (Lipinski definition) is 3. The molecule has 2 aromatic rings. The molecule has 122 valence electrons. The van der Waals surface area contributed by atoms with E-state index < -0.39 is 0 Å². The predicted molar refractivity (Wildman–Crippen MR) is 94.2 cm³/mol. The molecule has 0 amide bonds. The van der Waals surface area contributed by atoms with Crippen LogP contribution in [0.5, 0.6) is 11.5 Å². The molecule has 2 aliphatic rings. The molecular formula is C21H20O3. The van der Waals surface area contributed by atoms with Gasteiger partial charge in [0.05, 0.1) is 14.2 Å². The van der Waals surface area contributed by atoms with Gasteiger partial charge in [-0.05, 0) is 43.0 Å². The third-order valence-corrected chi connectivity index (χ3v) is 5.11.